The van der Waals surface area contributed by atoms with E-state index in [1.165, 1.54) is 22.7 Å². The Morgan fingerprint density at radius 1 is 1.28 bits per heavy atom. The molecule has 90 valence electrons. The average Bonchev–Trinajstić information content (AvgIpc) is 2.93. The van der Waals surface area contributed by atoms with Crippen LogP contribution in [-0.4, -0.2) is 21.2 Å². The minimum absolute atomic E-state index is 0.182. The van der Waals surface area contributed by atoms with Gasteiger partial charge >= 0.3 is 5.97 Å². The maximum Gasteiger partial charge on any atom is 0.346 e. The van der Waals surface area contributed by atoms with Crippen LogP contribution in [0.2, 0.25) is 0 Å². The van der Waals surface area contributed by atoms with Gasteiger partial charge in [-0.3, -0.25) is 0 Å². The number of thiophene rings is 1. The first-order chi connectivity index (χ1) is 8.65. The van der Waals surface area contributed by atoms with Crippen LogP contribution < -0.4 is 0 Å². The van der Waals surface area contributed by atoms with E-state index in [4.69, 9.17) is 5.11 Å². The van der Waals surface area contributed by atoms with Crippen molar-refractivity contribution in [2.45, 2.75) is 0 Å². The number of carboxylic acid groups (broad SMARTS) is 1. The third-order valence-electron chi connectivity index (χ3n) is 2.46. The van der Waals surface area contributed by atoms with E-state index in [9.17, 15) is 9.90 Å². The number of hydrogen-bond acceptors (Lipinski definition) is 5. The molecule has 0 fully saturated rings. The fourth-order valence-electron chi connectivity index (χ4n) is 1.67. The minimum atomic E-state index is -0.942. The van der Waals surface area contributed by atoms with Crippen molar-refractivity contribution in [2.75, 3.05) is 0 Å². The van der Waals surface area contributed by atoms with Crippen LogP contribution in [0.4, 0.5) is 0 Å². The van der Waals surface area contributed by atoms with E-state index in [-0.39, 0.29) is 5.75 Å². The lowest BCUT2D eigenvalue weighted by atomic mass is 10.2. The third-order valence-corrected chi connectivity index (χ3v) is 4.42. The molecule has 4 nitrogen and oxygen atoms in total. The number of hydrogen-bond donors (Lipinski definition) is 2. The highest BCUT2D eigenvalue weighted by atomic mass is 32.1. The highest BCUT2D eigenvalue weighted by Crippen LogP contribution is 2.35. The van der Waals surface area contributed by atoms with Crippen LogP contribution in [-0.2, 0) is 0 Å². The third kappa shape index (κ3) is 1.75. The van der Waals surface area contributed by atoms with E-state index >= 15 is 0 Å². The molecular formula is C12H7NO3S2. The number of nitrogens with zero attached hydrogens (tertiary/aromatic N) is 1. The van der Waals surface area contributed by atoms with E-state index in [0.717, 1.165) is 10.2 Å². The second-order valence-electron chi connectivity index (χ2n) is 3.64. The fraction of sp³-hybridized carbons (Fsp3) is 0. The van der Waals surface area contributed by atoms with Crippen molar-refractivity contribution in [2.24, 2.45) is 0 Å². The van der Waals surface area contributed by atoms with Gasteiger partial charge in [-0.1, -0.05) is 0 Å². The Balaban J connectivity index is 2.19. The van der Waals surface area contributed by atoms with Gasteiger partial charge in [0.05, 0.1) is 10.2 Å². The fourth-order valence-corrected chi connectivity index (χ4v) is 3.50. The molecule has 18 heavy (non-hydrogen) atoms. The summed E-state index contributed by atoms with van der Waals surface area (Å²) >= 11 is 2.56. The Labute approximate surface area is 110 Å². The molecule has 0 aliphatic carbocycles. The summed E-state index contributed by atoms with van der Waals surface area (Å²) in [5.41, 5.74) is 1.39. The zero-order valence-electron chi connectivity index (χ0n) is 8.95. The summed E-state index contributed by atoms with van der Waals surface area (Å²) in [6, 6.07) is 6.67. The number of aromatic carboxylic acids is 1. The van der Waals surface area contributed by atoms with Gasteiger partial charge in [0, 0.05) is 5.56 Å². The summed E-state index contributed by atoms with van der Waals surface area (Å²) in [6.07, 6.45) is 0. The minimum Gasteiger partial charge on any atom is -0.508 e. The second kappa shape index (κ2) is 4.08. The number of benzene rings is 1. The number of phenolic OH excluding ortho intramolecular Hbond substituents is 1. The van der Waals surface area contributed by atoms with E-state index < -0.39 is 5.97 Å². The number of carboxylic acids is 1. The Hall–Kier alpha value is -1.92. The van der Waals surface area contributed by atoms with E-state index in [1.807, 2.05) is 0 Å². The van der Waals surface area contributed by atoms with Gasteiger partial charge in [0.1, 0.15) is 15.6 Å². The van der Waals surface area contributed by atoms with Gasteiger partial charge in [-0.15, -0.1) is 22.7 Å². The maximum atomic E-state index is 11.1. The lowest BCUT2D eigenvalue weighted by molar-refractivity contribution is 0.0703. The molecule has 3 rings (SSSR count). The SMILES string of the molecule is O=C(O)c1sccc1-c1nc2ccc(O)cc2s1. The molecule has 3 aromatic rings. The highest BCUT2D eigenvalue weighted by Gasteiger charge is 2.16. The van der Waals surface area contributed by atoms with Crippen molar-refractivity contribution in [1.29, 1.82) is 0 Å². The van der Waals surface area contributed by atoms with Crippen LogP contribution in [0.15, 0.2) is 29.6 Å². The van der Waals surface area contributed by atoms with Gasteiger partial charge in [0.15, 0.2) is 0 Å². The molecule has 0 aliphatic rings. The van der Waals surface area contributed by atoms with Crippen molar-refractivity contribution in [1.82, 2.24) is 4.98 Å². The molecule has 1 aromatic carbocycles. The monoisotopic (exact) mass is 277 g/mol. The van der Waals surface area contributed by atoms with Crippen molar-refractivity contribution in [3.8, 4) is 16.3 Å². The number of aromatic nitrogens is 1. The quantitative estimate of drug-likeness (QED) is 0.753. The predicted octanol–water partition coefficient (Wildman–Crippen LogP) is 3.43. The first-order valence-corrected chi connectivity index (χ1v) is 6.75. The summed E-state index contributed by atoms with van der Waals surface area (Å²) in [4.78, 5) is 15.8. The molecule has 0 radical (unpaired) electrons. The van der Waals surface area contributed by atoms with Gasteiger partial charge in [-0.05, 0) is 29.6 Å². The Morgan fingerprint density at radius 2 is 2.11 bits per heavy atom. The van der Waals surface area contributed by atoms with Gasteiger partial charge in [0.25, 0.3) is 0 Å². The van der Waals surface area contributed by atoms with Crippen LogP contribution in [0.25, 0.3) is 20.8 Å². The normalized spacial score (nSPS) is 10.9. The number of aromatic hydroxyl groups is 1. The van der Waals surface area contributed by atoms with Crippen LogP contribution in [0.1, 0.15) is 9.67 Å². The maximum absolute atomic E-state index is 11.1. The van der Waals surface area contributed by atoms with Crippen molar-refractivity contribution >= 4 is 38.9 Å². The summed E-state index contributed by atoms with van der Waals surface area (Å²) in [6.45, 7) is 0. The number of rotatable bonds is 2. The van der Waals surface area contributed by atoms with Gasteiger partial charge < -0.3 is 10.2 Å². The van der Waals surface area contributed by atoms with Gasteiger partial charge in [0.2, 0.25) is 0 Å². The van der Waals surface area contributed by atoms with E-state index in [1.54, 1.807) is 29.6 Å². The van der Waals surface area contributed by atoms with Crippen LogP contribution in [0, 0.1) is 0 Å². The number of fused-ring (bicyclic) bond motifs is 1. The number of thiazole rings is 1. The van der Waals surface area contributed by atoms with Gasteiger partial charge in [-0.2, -0.15) is 0 Å². The summed E-state index contributed by atoms with van der Waals surface area (Å²) in [7, 11) is 0. The Morgan fingerprint density at radius 3 is 2.89 bits per heavy atom. The first kappa shape index (κ1) is 11.2. The van der Waals surface area contributed by atoms with Crippen LogP contribution in [0.5, 0.6) is 5.75 Å². The van der Waals surface area contributed by atoms with E-state index in [0.29, 0.717) is 15.4 Å². The highest BCUT2D eigenvalue weighted by molar-refractivity contribution is 7.22. The first-order valence-electron chi connectivity index (χ1n) is 5.06. The van der Waals surface area contributed by atoms with Crippen molar-refractivity contribution < 1.29 is 15.0 Å². The summed E-state index contributed by atoms with van der Waals surface area (Å²) in [5.74, 6) is -0.761. The molecule has 0 saturated carbocycles. The molecule has 0 unspecified atom stereocenters. The van der Waals surface area contributed by atoms with Crippen LogP contribution in [0.3, 0.4) is 0 Å². The standard InChI is InChI=1S/C12H7NO3S2/c14-6-1-2-8-9(5-6)18-11(13-8)7-3-4-17-10(7)12(15)16/h1-5,14H,(H,15,16). The van der Waals surface area contributed by atoms with Crippen molar-refractivity contribution in [3.63, 3.8) is 0 Å². The molecule has 0 aliphatic heterocycles. The molecule has 0 bridgehead atoms. The molecule has 0 spiro atoms. The predicted molar refractivity (Wildman–Crippen MR) is 71.6 cm³/mol. The van der Waals surface area contributed by atoms with Gasteiger partial charge in [-0.25, -0.2) is 9.78 Å². The molecule has 0 amide bonds. The molecule has 2 heterocycles. The second-order valence-corrected chi connectivity index (χ2v) is 5.59. The summed E-state index contributed by atoms with van der Waals surface area (Å²) < 4.78 is 0.840. The molecular weight excluding hydrogens is 270 g/mol. The van der Waals surface area contributed by atoms with Crippen molar-refractivity contribution in [3.05, 3.63) is 34.5 Å². The van der Waals surface area contributed by atoms with E-state index in [2.05, 4.69) is 4.98 Å². The van der Waals surface area contributed by atoms with Crippen LogP contribution >= 0.6 is 22.7 Å². The number of phenols is 1. The average molecular weight is 277 g/mol. The zero-order chi connectivity index (χ0) is 12.7. The Bertz CT molecular complexity index is 745. The topological polar surface area (TPSA) is 70.4 Å². The molecule has 0 saturated heterocycles. The zero-order valence-corrected chi connectivity index (χ0v) is 10.6. The molecule has 6 heteroatoms. The lowest BCUT2D eigenvalue weighted by Gasteiger charge is -1.93. The summed E-state index contributed by atoms with van der Waals surface area (Å²) in [5, 5.41) is 20.9. The molecule has 0 atom stereocenters. The lowest BCUT2D eigenvalue weighted by Crippen LogP contribution is -1.93. The number of carbonyl (C=O) groups is 1. The smallest absolute Gasteiger partial charge is 0.346 e. The molecule has 2 aromatic heterocycles. The largest absolute Gasteiger partial charge is 0.508 e. The molecule has 2 N–H and O–H groups in total. The Kier molecular flexibility index (Phi) is 2.53.